The highest BCUT2D eigenvalue weighted by Crippen LogP contribution is 2.36. The molecule has 1 amide bonds. The Kier molecular flexibility index (Phi) is 5.61. The number of sulfonamides is 1. The number of sulfone groups is 1. The number of hydrogen-bond acceptors (Lipinski definition) is 7. The molecule has 33 heavy (non-hydrogen) atoms. The van der Waals surface area contributed by atoms with E-state index >= 15 is 0 Å². The predicted octanol–water partition coefficient (Wildman–Crippen LogP) is 1.92. The molecular weight excluding hydrogens is 468 g/mol. The second-order valence-corrected chi connectivity index (χ2v) is 12.0. The molecule has 0 radical (unpaired) electrons. The van der Waals surface area contributed by atoms with Crippen molar-refractivity contribution in [2.45, 2.75) is 25.2 Å². The highest BCUT2D eigenvalue weighted by Gasteiger charge is 2.43. The minimum absolute atomic E-state index is 0.0386. The number of amides is 1. The van der Waals surface area contributed by atoms with Crippen molar-refractivity contribution in [2.75, 3.05) is 27.8 Å². The van der Waals surface area contributed by atoms with Gasteiger partial charge in [-0.2, -0.15) is 0 Å². The van der Waals surface area contributed by atoms with E-state index in [1.54, 1.807) is 18.3 Å². The molecule has 2 aliphatic rings. The van der Waals surface area contributed by atoms with Crippen LogP contribution in [0.15, 0.2) is 52.5 Å². The highest BCUT2D eigenvalue weighted by atomic mass is 32.2. The normalized spacial score (nSPS) is 19.6. The van der Waals surface area contributed by atoms with Crippen molar-refractivity contribution in [1.82, 2.24) is 4.68 Å². The fourth-order valence-electron chi connectivity index (χ4n) is 3.86. The van der Waals surface area contributed by atoms with Crippen LogP contribution in [0.3, 0.4) is 0 Å². The number of benzene rings is 1. The third-order valence-electron chi connectivity index (χ3n) is 5.39. The van der Waals surface area contributed by atoms with Crippen LogP contribution in [0.2, 0.25) is 0 Å². The topological polar surface area (TPSA) is 135 Å². The number of nitrogens with one attached hydrogen (secondary N) is 2. The van der Waals surface area contributed by atoms with E-state index in [1.807, 2.05) is 13.8 Å². The van der Waals surface area contributed by atoms with Crippen LogP contribution in [-0.4, -0.2) is 46.0 Å². The lowest BCUT2D eigenvalue weighted by atomic mass is 9.94. The molecule has 4 rings (SSSR count). The highest BCUT2D eigenvalue weighted by molar-refractivity contribution is 7.94. The molecule has 0 spiro atoms. The molecule has 2 N–H and O–H groups in total. The second-order valence-electron chi connectivity index (χ2n) is 8.51. The van der Waals surface area contributed by atoms with Gasteiger partial charge in [0.1, 0.15) is 11.6 Å². The van der Waals surface area contributed by atoms with Crippen LogP contribution in [0.5, 0.6) is 0 Å². The van der Waals surface area contributed by atoms with Crippen molar-refractivity contribution in [3.8, 4) is 0 Å². The average Bonchev–Trinajstić information content (AvgIpc) is 3.16. The van der Waals surface area contributed by atoms with E-state index in [-0.39, 0.29) is 22.0 Å². The van der Waals surface area contributed by atoms with Gasteiger partial charge in [-0.05, 0) is 42.7 Å². The summed E-state index contributed by atoms with van der Waals surface area (Å²) < 4.78 is 52.8. The summed E-state index contributed by atoms with van der Waals surface area (Å²) in [6, 6.07) is 7.24. The quantitative estimate of drug-likeness (QED) is 0.588. The summed E-state index contributed by atoms with van der Waals surface area (Å²) in [6.45, 7) is 4.42. The average molecular weight is 493 g/mol. The summed E-state index contributed by atoms with van der Waals surface area (Å²) in [7, 11) is -7.66. The second kappa shape index (κ2) is 8.03. The largest absolute Gasteiger partial charge is 0.356 e. The number of ketones is 1. The first kappa shape index (κ1) is 23.1. The number of rotatable bonds is 6. The summed E-state index contributed by atoms with van der Waals surface area (Å²) in [5.74, 6) is -2.03. The first-order chi connectivity index (χ1) is 15.4. The summed E-state index contributed by atoms with van der Waals surface area (Å²) in [4.78, 5) is 26.4. The molecule has 1 unspecified atom stereocenters. The van der Waals surface area contributed by atoms with Crippen LogP contribution in [-0.2, 0) is 24.7 Å². The summed E-state index contributed by atoms with van der Waals surface area (Å²) in [5.41, 5.74) is 0.494. The van der Waals surface area contributed by atoms with Gasteiger partial charge in [0, 0.05) is 24.1 Å². The zero-order chi connectivity index (χ0) is 24.1. The van der Waals surface area contributed by atoms with Crippen molar-refractivity contribution in [2.24, 2.45) is 11.8 Å². The standard InChI is InChI=1S/C21H24N4O6S2/c1-13(2)8-10-25-21(27)19(20(26)17-5-4-9-24(17)25)16-12-33(30,31)18-11-14(23-32(3,28)29)6-7-15(18)22-16/h4-7,9,11-13,19,22-23H,8,10H2,1-3H3. The summed E-state index contributed by atoms with van der Waals surface area (Å²) in [5, 5.41) is 5.25. The van der Waals surface area contributed by atoms with Crippen molar-refractivity contribution in [3.05, 3.63) is 53.3 Å². The molecule has 0 bridgehead atoms. The number of hydrogen-bond donors (Lipinski definition) is 2. The van der Waals surface area contributed by atoms with Crippen LogP contribution in [0.4, 0.5) is 11.4 Å². The van der Waals surface area contributed by atoms with E-state index in [0.29, 0.717) is 24.6 Å². The van der Waals surface area contributed by atoms with Crippen molar-refractivity contribution < 1.29 is 26.4 Å². The van der Waals surface area contributed by atoms with Gasteiger partial charge in [0.15, 0.2) is 5.78 Å². The smallest absolute Gasteiger partial charge is 0.258 e. The molecule has 1 aromatic carbocycles. The monoisotopic (exact) mass is 492 g/mol. The van der Waals surface area contributed by atoms with Gasteiger partial charge in [-0.1, -0.05) is 13.8 Å². The third-order valence-corrected chi connectivity index (χ3v) is 7.51. The van der Waals surface area contributed by atoms with E-state index in [0.717, 1.165) is 11.7 Å². The van der Waals surface area contributed by atoms with Gasteiger partial charge in [-0.3, -0.25) is 19.0 Å². The van der Waals surface area contributed by atoms with Gasteiger partial charge in [0.05, 0.1) is 22.2 Å². The Morgan fingerprint density at radius 1 is 1.18 bits per heavy atom. The molecule has 0 aliphatic carbocycles. The Hall–Kier alpha value is -3.12. The molecule has 2 aliphatic heterocycles. The van der Waals surface area contributed by atoms with Crippen molar-refractivity contribution in [3.63, 3.8) is 0 Å². The zero-order valence-corrected chi connectivity index (χ0v) is 19.9. The van der Waals surface area contributed by atoms with Crippen LogP contribution in [0.1, 0.15) is 30.8 Å². The fourth-order valence-corrected chi connectivity index (χ4v) is 5.79. The minimum Gasteiger partial charge on any atom is -0.356 e. The number of aromatic nitrogens is 1. The first-order valence-corrected chi connectivity index (χ1v) is 13.7. The van der Waals surface area contributed by atoms with E-state index in [9.17, 15) is 26.4 Å². The Labute approximate surface area is 192 Å². The summed E-state index contributed by atoms with van der Waals surface area (Å²) >= 11 is 0. The van der Waals surface area contributed by atoms with Gasteiger partial charge < -0.3 is 5.32 Å². The van der Waals surface area contributed by atoms with E-state index in [1.165, 1.54) is 27.9 Å². The van der Waals surface area contributed by atoms with Gasteiger partial charge >= 0.3 is 0 Å². The maximum atomic E-state index is 13.4. The maximum Gasteiger partial charge on any atom is 0.258 e. The Morgan fingerprint density at radius 3 is 2.58 bits per heavy atom. The lowest BCUT2D eigenvalue weighted by Crippen LogP contribution is -2.53. The zero-order valence-electron chi connectivity index (χ0n) is 18.3. The van der Waals surface area contributed by atoms with Gasteiger partial charge in [0.25, 0.3) is 5.91 Å². The number of nitrogens with zero attached hydrogens (tertiary/aromatic N) is 2. The van der Waals surface area contributed by atoms with Crippen molar-refractivity contribution in [1.29, 1.82) is 0 Å². The van der Waals surface area contributed by atoms with Crippen molar-refractivity contribution >= 4 is 42.9 Å². The number of Topliss-reactive ketones (excluding diaryl/α,β-unsaturated/α-hetero) is 1. The molecule has 0 fully saturated rings. The molecule has 1 atom stereocenters. The van der Waals surface area contributed by atoms with Crippen LogP contribution in [0.25, 0.3) is 0 Å². The molecule has 0 saturated heterocycles. The van der Waals surface area contributed by atoms with E-state index in [2.05, 4.69) is 10.0 Å². The minimum atomic E-state index is -4.06. The first-order valence-electron chi connectivity index (χ1n) is 10.3. The van der Waals surface area contributed by atoms with Crippen LogP contribution in [0, 0.1) is 11.8 Å². The van der Waals surface area contributed by atoms with Gasteiger partial charge in [0.2, 0.25) is 19.9 Å². The lowest BCUT2D eigenvalue weighted by Gasteiger charge is -2.35. The fraction of sp³-hybridized carbons (Fsp3) is 0.333. The number of carbonyl (C=O) groups excluding carboxylic acids is 2. The number of anilines is 2. The van der Waals surface area contributed by atoms with E-state index in [4.69, 9.17) is 0 Å². The van der Waals surface area contributed by atoms with Gasteiger partial charge in [-0.15, -0.1) is 0 Å². The number of carbonyl (C=O) groups is 2. The molecular formula is C21H24N4O6S2. The van der Waals surface area contributed by atoms with Gasteiger partial charge in [-0.25, -0.2) is 21.8 Å². The molecule has 3 heterocycles. The summed E-state index contributed by atoms with van der Waals surface area (Å²) in [6.07, 6.45) is 3.29. The molecule has 2 aromatic rings. The molecule has 10 nitrogen and oxygen atoms in total. The molecule has 176 valence electrons. The molecule has 12 heteroatoms. The maximum absolute atomic E-state index is 13.4. The predicted molar refractivity (Wildman–Crippen MR) is 124 cm³/mol. The Balaban J connectivity index is 1.73. The SMILES string of the molecule is CC(C)CCN1C(=O)C(C2=CS(=O)(=O)c3cc(NS(C)(=O)=O)ccc3N2)C(=O)c2cccn21. The molecule has 0 saturated carbocycles. The van der Waals surface area contributed by atoms with E-state index < -0.39 is 37.5 Å². The third kappa shape index (κ3) is 4.40. The Bertz CT molecular complexity index is 1390. The molecule has 1 aromatic heterocycles. The Morgan fingerprint density at radius 2 is 1.91 bits per heavy atom. The van der Waals surface area contributed by atoms with Crippen LogP contribution >= 0.6 is 0 Å². The number of fused-ring (bicyclic) bond motifs is 2. The lowest BCUT2D eigenvalue weighted by molar-refractivity contribution is -0.122. The van der Waals surface area contributed by atoms with Crippen LogP contribution < -0.4 is 15.0 Å².